The Balaban J connectivity index is 1.75. The summed E-state index contributed by atoms with van der Waals surface area (Å²) in [5.41, 5.74) is 3.33. The highest BCUT2D eigenvalue weighted by Gasteiger charge is 2.17. The van der Waals surface area contributed by atoms with Gasteiger partial charge in [0, 0.05) is 17.3 Å². The van der Waals surface area contributed by atoms with E-state index in [1.54, 1.807) is 61.5 Å². The first kappa shape index (κ1) is 24.6. The third-order valence-corrected chi connectivity index (χ3v) is 5.75. The molecule has 0 unspecified atom stereocenters. The quantitative estimate of drug-likeness (QED) is 0.244. The summed E-state index contributed by atoms with van der Waals surface area (Å²) in [5, 5.41) is 17.6. The summed E-state index contributed by atoms with van der Waals surface area (Å²) in [7, 11) is 3.13. The van der Waals surface area contributed by atoms with Crippen molar-refractivity contribution in [3.05, 3.63) is 101 Å². The van der Waals surface area contributed by atoms with Gasteiger partial charge in [0.25, 0.3) is 5.91 Å². The van der Waals surface area contributed by atoms with E-state index >= 15 is 0 Å². The number of ether oxygens (including phenoxy) is 2. The highest BCUT2D eigenvalue weighted by atomic mass is 35.5. The molecule has 1 heterocycles. The van der Waals surface area contributed by atoms with Crippen LogP contribution in [0.15, 0.2) is 84.6 Å². The maximum atomic E-state index is 12.9. The molecule has 0 aliphatic carbocycles. The molecule has 4 aromatic rings. The topological polar surface area (TPSA) is 89.2 Å². The number of carbonyl (C=O) groups excluding carboxylic acids is 1. The summed E-state index contributed by atoms with van der Waals surface area (Å²) < 4.78 is 12.6. The average molecular weight is 499 g/mol. The van der Waals surface area contributed by atoms with Crippen LogP contribution in [-0.4, -0.2) is 29.9 Å². The zero-order valence-corrected chi connectivity index (χ0v) is 20.5. The minimum absolute atomic E-state index is 0.0871. The third-order valence-electron chi connectivity index (χ3n) is 5.42. The Morgan fingerprint density at radius 1 is 1.06 bits per heavy atom. The van der Waals surface area contributed by atoms with Gasteiger partial charge in [-0.2, -0.15) is 10.4 Å². The Hall–Kier alpha value is -4.54. The summed E-state index contributed by atoms with van der Waals surface area (Å²) in [6.45, 7) is 0.517. The van der Waals surface area contributed by atoms with Gasteiger partial charge in [0.05, 0.1) is 37.2 Å². The van der Waals surface area contributed by atoms with Gasteiger partial charge in [0.2, 0.25) is 0 Å². The number of amides is 1. The lowest BCUT2D eigenvalue weighted by molar-refractivity contribution is -0.112. The average Bonchev–Trinajstić information content (AvgIpc) is 3.30. The highest BCUT2D eigenvalue weighted by molar-refractivity contribution is 6.34. The van der Waals surface area contributed by atoms with Gasteiger partial charge < -0.3 is 14.8 Å². The Kier molecular flexibility index (Phi) is 7.69. The molecule has 0 radical (unpaired) electrons. The third kappa shape index (κ3) is 5.57. The molecule has 1 aromatic heterocycles. The molecule has 0 aliphatic rings. The van der Waals surface area contributed by atoms with Crippen LogP contribution in [0.1, 0.15) is 11.1 Å². The molecule has 7 nitrogen and oxygen atoms in total. The van der Waals surface area contributed by atoms with E-state index in [-0.39, 0.29) is 5.57 Å². The van der Waals surface area contributed by atoms with Crippen LogP contribution in [0.3, 0.4) is 0 Å². The van der Waals surface area contributed by atoms with Crippen molar-refractivity contribution in [2.75, 3.05) is 19.5 Å². The number of methoxy groups -OCH3 is 2. The molecule has 0 spiro atoms. The van der Waals surface area contributed by atoms with Crippen LogP contribution in [0.4, 0.5) is 5.69 Å². The first-order valence-corrected chi connectivity index (χ1v) is 11.4. The number of anilines is 1. The van der Waals surface area contributed by atoms with E-state index in [1.807, 2.05) is 42.5 Å². The fourth-order valence-corrected chi connectivity index (χ4v) is 3.84. The Morgan fingerprint density at radius 2 is 1.78 bits per heavy atom. The fourth-order valence-electron chi connectivity index (χ4n) is 3.66. The molecule has 0 aliphatic heterocycles. The molecule has 36 heavy (non-hydrogen) atoms. The van der Waals surface area contributed by atoms with E-state index in [0.717, 1.165) is 11.1 Å². The number of carbonyl (C=O) groups is 1. The summed E-state index contributed by atoms with van der Waals surface area (Å²) in [6.07, 6.45) is 3.33. The zero-order chi connectivity index (χ0) is 25.5. The van der Waals surface area contributed by atoms with Crippen molar-refractivity contribution in [2.45, 2.75) is 6.54 Å². The molecule has 0 saturated heterocycles. The number of nitrogens with zero attached hydrogens (tertiary/aromatic N) is 3. The van der Waals surface area contributed by atoms with E-state index in [2.05, 4.69) is 5.32 Å². The van der Waals surface area contributed by atoms with Crippen molar-refractivity contribution in [3.63, 3.8) is 0 Å². The normalized spacial score (nSPS) is 11.0. The van der Waals surface area contributed by atoms with E-state index in [4.69, 9.17) is 26.2 Å². The monoisotopic (exact) mass is 498 g/mol. The lowest BCUT2D eigenvalue weighted by atomic mass is 10.0. The number of benzene rings is 3. The second kappa shape index (κ2) is 11.3. The van der Waals surface area contributed by atoms with Crippen LogP contribution in [-0.2, 0) is 11.3 Å². The summed E-state index contributed by atoms with van der Waals surface area (Å²) in [6, 6.07) is 24.2. The molecule has 180 valence electrons. The van der Waals surface area contributed by atoms with Crippen LogP contribution in [0.25, 0.3) is 17.3 Å². The van der Waals surface area contributed by atoms with Crippen LogP contribution in [0.2, 0.25) is 5.02 Å². The van der Waals surface area contributed by atoms with Gasteiger partial charge in [-0.25, -0.2) is 0 Å². The predicted molar refractivity (Wildman–Crippen MR) is 140 cm³/mol. The highest BCUT2D eigenvalue weighted by Crippen LogP contribution is 2.34. The molecule has 8 heteroatoms. The van der Waals surface area contributed by atoms with Gasteiger partial charge in [0.1, 0.15) is 11.6 Å². The molecule has 1 N–H and O–H groups in total. The van der Waals surface area contributed by atoms with Crippen molar-refractivity contribution in [1.29, 1.82) is 5.26 Å². The molecule has 4 rings (SSSR count). The molecule has 3 aromatic carbocycles. The largest absolute Gasteiger partial charge is 0.493 e. The number of aromatic nitrogens is 2. The first-order chi connectivity index (χ1) is 17.5. The van der Waals surface area contributed by atoms with Crippen LogP contribution < -0.4 is 14.8 Å². The number of hydrogen-bond donors (Lipinski definition) is 1. The minimum atomic E-state index is -0.570. The number of hydrogen-bond acceptors (Lipinski definition) is 5. The smallest absolute Gasteiger partial charge is 0.266 e. The second-order valence-corrected chi connectivity index (χ2v) is 8.20. The first-order valence-electron chi connectivity index (χ1n) is 11.0. The van der Waals surface area contributed by atoms with Gasteiger partial charge >= 0.3 is 0 Å². The van der Waals surface area contributed by atoms with Crippen molar-refractivity contribution >= 4 is 29.3 Å². The van der Waals surface area contributed by atoms with E-state index in [1.165, 1.54) is 6.08 Å². The lowest BCUT2D eigenvalue weighted by Gasteiger charge is -2.09. The molecule has 0 bridgehead atoms. The fraction of sp³-hybridized carbons (Fsp3) is 0.107. The summed E-state index contributed by atoms with van der Waals surface area (Å²) >= 11 is 6.16. The molecule has 0 saturated carbocycles. The summed E-state index contributed by atoms with van der Waals surface area (Å²) in [4.78, 5) is 12.9. The van der Waals surface area contributed by atoms with Gasteiger partial charge in [0.15, 0.2) is 11.5 Å². The molecule has 0 fully saturated rings. The zero-order valence-electron chi connectivity index (χ0n) is 19.7. The molecule has 0 atom stereocenters. The Bertz CT molecular complexity index is 1460. The minimum Gasteiger partial charge on any atom is -0.493 e. The second-order valence-electron chi connectivity index (χ2n) is 7.79. The van der Waals surface area contributed by atoms with Crippen LogP contribution in [0.5, 0.6) is 11.5 Å². The van der Waals surface area contributed by atoms with Crippen molar-refractivity contribution in [1.82, 2.24) is 9.78 Å². The number of halogens is 1. The lowest BCUT2D eigenvalue weighted by Crippen LogP contribution is -2.13. The van der Waals surface area contributed by atoms with Gasteiger partial charge in [-0.3, -0.25) is 9.48 Å². The van der Waals surface area contributed by atoms with E-state index in [0.29, 0.717) is 40.0 Å². The molecular formula is C28H23ClN4O3. The number of rotatable bonds is 8. The number of para-hydroxylation sites is 1. The number of nitriles is 1. The van der Waals surface area contributed by atoms with Crippen molar-refractivity contribution < 1.29 is 14.3 Å². The predicted octanol–water partition coefficient (Wildman–Crippen LogP) is 5.81. The van der Waals surface area contributed by atoms with Crippen molar-refractivity contribution in [2.24, 2.45) is 0 Å². The van der Waals surface area contributed by atoms with Crippen molar-refractivity contribution in [3.8, 4) is 28.8 Å². The summed E-state index contributed by atoms with van der Waals surface area (Å²) in [5.74, 6) is 0.554. The SMILES string of the molecule is COc1ccc(-c2nn(Cc3ccccc3)cc2/C=C(\C#N)C(=O)Nc2ccccc2Cl)cc1OC. The van der Waals surface area contributed by atoms with Crippen LogP contribution >= 0.6 is 11.6 Å². The Morgan fingerprint density at radius 3 is 2.47 bits per heavy atom. The standard InChI is InChI=1S/C28H23ClN4O3/c1-35-25-13-12-20(15-26(25)36-2)27-22(18-33(32-27)17-19-8-4-3-5-9-19)14-21(16-30)28(34)31-24-11-7-6-10-23(24)29/h3-15,18H,17H2,1-2H3,(H,31,34)/b21-14+. The van der Waals surface area contributed by atoms with Gasteiger partial charge in [-0.1, -0.05) is 54.1 Å². The van der Waals surface area contributed by atoms with E-state index < -0.39 is 5.91 Å². The van der Waals surface area contributed by atoms with E-state index in [9.17, 15) is 10.1 Å². The number of nitrogens with one attached hydrogen (secondary N) is 1. The maximum Gasteiger partial charge on any atom is 0.266 e. The van der Waals surface area contributed by atoms with Crippen LogP contribution in [0, 0.1) is 11.3 Å². The molecule has 1 amide bonds. The molecular weight excluding hydrogens is 476 g/mol. The maximum absolute atomic E-state index is 12.9. The van der Waals surface area contributed by atoms with Gasteiger partial charge in [-0.05, 0) is 42.0 Å². The van der Waals surface area contributed by atoms with Gasteiger partial charge in [-0.15, -0.1) is 0 Å². The Labute approximate surface area is 214 Å².